The quantitative estimate of drug-likeness (QED) is 0.841. The molecule has 0 saturated heterocycles. The summed E-state index contributed by atoms with van der Waals surface area (Å²) >= 11 is 5.96. The zero-order valence-corrected chi connectivity index (χ0v) is 10.6. The maximum absolute atomic E-state index is 12.0. The predicted molar refractivity (Wildman–Crippen MR) is 71.7 cm³/mol. The monoisotopic (exact) mass is 274 g/mol. The Bertz CT molecular complexity index is 649. The van der Waals surface area contributed by atoms with Gasteiger partial charge in [0.1, 0.15) is 11.9 Å². The largest absolute Gasteiger partial charge is 0.508 e. The van der Waals surface area contributed by atoms with Crippen LogP contribution in [-0.4, -0.2) is 22.1 Å². The summed E-state index contributed by atoms with van der Waals surface area (Å²) in [4.78, 5) is 12.0. The van der Waals surface area contributed by atoms with Crippen LogP contribution in [-0.2, 0) is 0 Å². The number of fused-ring (bicyclic) bond motifs is 1. The highest BCUT2D eigenvalue weighted by atomic mass is 35.5. The lowest BCUT2D eigenvalue weighted by Crippen LogP contribution is -2.20. The van der Waals surface area contributed by atoms with Gasteiger partial charge in [-0.1, -0.05) is 23.7 Å². The molecule has 0 aliphatic heterocycles. The van der Waals surface area contributed by atoms with Crippen LogP contribution in [0.15, 0.2) is 42.5 Å². The molecule has 2 unspecified atom stereocenters. The number of aliphatic hydroxyl groups excluding tert-OH is 1. The van der Waals surface area contributed by atoms with Crippen LogP contribution in [0.3, 0.4) is 0 Å². The molecule has 0 aromatic heterocycles. The fourth-order valence-corrected chi connectivity index (χ4v) is 2.72. The second kappa shape index (κ2) is 4.37. The standard InChI is InChI=1S/C15H11ClO3/c16-9-3-6-11-12(7-9)13(15(19)14(11)18)8-1-4-10(17)5-2-8/h1-7,13,15,17,19H. The Hall–Kier alpha value is -1.84. The van der Waals surface area contributed by atoms with E-state index in [1.165, 1.54) is 12.1 Å². The van der Waals surface area contributed by atoms with Crippen molar-refractivity contribution in [3.05, 3.63) is 64.2 Å². The van der Waals surface area contributed by atoms with Gasteiger partial charge in [-0.25, -0.2) is 0 Å². The molecule has 0 spiro atoms. The van der Waals surface area contributed by atoms with Gasteiger partial charge in [0, 0.05) is 16.5 Å². The molecule has 2 aromatic rings. The first kappa shape index (κ1) is 12.2. The molecular weight excluding hydrogens is 264 g/mol. The van der Waals surface area contributed by atoms with Crippen molar-refractivity contribution in [1.29, 1.82) is 0 Å². The van der Waals surface area contributed by atoms with Gasteiger partial charge < -0.3 is 10.2 Å². The Morgan fingerprint density at radius 1 is 1.05 bits per heavy atom. The molecule has 0 amide bonds. The third kappa shape index (κ3) is 1.91. The fourth-order valence-electron chi connectivity index (χ4n) is 2.54. The minimum atomic E-state index is -1.10. The highest BCUT2D eigenvalue weighted by Gasteiger charge is 2.39. The number of phenols is 1. The van der Waals surface area contributed by atoms with E-state index >= 15 is 0 Å². The van der Waals surface area contributed by atoms with Crippen molar-refractivity contribution in [3.63, 3.8) is 0 Å². The van der Waals surface area contributed by atoms with Gasteiger partial charge in [-0.3, -0.25) is 4.79 Å². The second-order valence-corrected chi connectivity index (χ2v) is 5.05. The minimum absolute atomic E-state index is 0.147. The van der Waals surface area contributed by atoms with Gasteiger partial charge in [0.05, 0.1) is 0 Å². The number of halogens is 1. The molecule has 19 heavy (non-hydrogen) atoms. The number of aromatic hydroxyl groups is 1. The van der Waals surface area contributed by atoms with Crippen molar-refractivity contribution in [2.75, 3.05) is 0 Å². The van der Waals surface area contributed by atoms with Crippen LogP contribution in [0, 0.1) is 0 Å². The van der Waals surface area contributed by atoms with Crippen molar-refractivity contribution < 1.29 is 15.0 Å². The van der Waals surface area contributed by atoms with E-state index in [-0.39, 0.29) is 11.5 Å². The van der Waals surface area contributed by atoms with Crippen molar-refractivity contribution in [2.45, 2.75) is 12.0 Å². The SMILES string of the molecule is O=C1c2ccc(Cl)cc2C(c2ccc(O)cc2)C1O. The number of phenolic OH excluding ortho intramolecular Hbond substituents is 1. The summed E-state index contributed by atoms with van der Waals surface area (Å²) in [6, 6.07) is 11.5. The molecule has 2 atom stereocenters. The number of hydrogen-bond donors (Lipinski definition) is 2. The van der Waals surface area contributed by atoms with Gasteiger partial charge >= 0.3 is 0 Å². The molecule has 3 nitrogen and oxygen atoms in total. The first-order chi connectivity index (χ1) is 9.08. The maximum Gasteiger partial charge on any atom is 0.192 e. The summed E-state index contributed by atoms with van der Waals surface area (Å²) in [5, 5.41) is 20.0. The first-order valence-electron chi connectivity index (χ1n) is 5.88. The van der Waals surface area contributed by atoms with E-state index in [9.17, 15) is 15.0 Å². The lowest BCUT2D eigenvalue weighted by molar-refractivity contribution is 0.0754. The molecule has 4 heteroatoms. The summed E-state index contributed by atoms with van der Waals surface area (Å²) in [7, 11) is 0. The average Bonchev–Trinajstić information content (AvgIpc) is 2.63. The van der Waals surface area contributed by atoms with E-state index in [2.05, 4.69) is 0 Å². The highest BCUT2D eigenvalue weighted by molar-refractivity contribution is 6.30. The summed E-state index contributed by atoms with van der Waals surface area (Å²) in [5.74, 6) is -0.569. The molecule has 2 N–H and O–H groups in total. The summed E-state index contributed by atoms with van der Waals surface area (Å²) in [5.41, 5.74) is 2.02. The van der Waals surface area contributed by atoms with E-state index in [0.29, 0.717) is 10.6 Å². The minimum Gasteiger partial charge on any atom is -0.508 e. The summed E-state index contributed by atoms with van der Waals surface area (Å²) < 4.78 is 0. The molecule has 0 bridgehead atoms. The number of benzene rings is 2. The Kier molecular flexibility index (Phi) is 2.81. The lowest BCUT2D eigenvalue weighted by Gasteiger charge is -2.15. The van der Waals surface area contributed by atoms with Crippen LogP contribution < -0.4 is 0 Å². The van der Waals surface area contributed by atoms with Crippen molar-refractivity contribution in [2.24, 2.45) is 0 Å². The van der Waals surface area contributed by atoms with Gasteiger partial charge in [0.25, 0.3) is 0 Å². The molecule has 2 aromatic carbocycles. The fraction of sp³-hybridized carbons (Fsp3) is 0.133. The Balaban J connectivity index is 2.15. The third-order valence-electron chi connectivity index (χ3n) is 3.45. The van der Waals surface area contributed by atoms with Gasteiger partial charge in [0.2, 0.25) is 0 Å². The van der Waals surface area contributed by atoms with Gasteiger partial charge in [-0.2, -0.15) is 0 Å². The Labute approximate surface area is 115 Å². The number of rotatable bonds is 1. The van der Waals surface area contributed by atoms with E-state index in [4.69, 9.17) is 11.6 Å². The number of Topliss-reactive ketones (excluding diaryl/α,β-unsaturated/α-hetero) is 1. The van der Waals surface area contributed by atoms with Gasteiger partial charge in [0.15, 0.2) is 5.78 Å². The predicted octanol–water partition coefficient (Wildman–Crippen LogP) is 2.73. The van der Waals surface area contributed by atoms with Crippen LogP contribution in [0.4, 0.5) is 0 Å². The van der Waals surface area contributed by atoms with Crippen LogP contribution in [0.25, 0.3) is 0 Å². The van der Waals surface area contributed by atoms with Crippen LogP contribution in [0.5, 0.6) is 5.75 Å². The summed E-state index contributed by atoms with van der Waals surface area (Å²) in [6.07, 6.45) is -1.10. The van der Waals surface area contributed by atoms with E-state index in [1.54, 1.807) is 30.3 Å². The number of hydrogen-bond acceptors (Lipinski definition) is 3. The van der Waals surface area contributed by atoms with E-state index in [1.807, 2.05) is 0 Å². The second-order valence-electron chi connectivity index (χ2n) is 4.61. The van der Waals surface area contributed by atoms with Crippen molar-refractivity contribution in [3.8, 4) is 5.75 Å². The van der Waals surface area contributed by atoms with Crippen molar-refractivity contribution in [1.82, 2.24) is 0 Å². The molecular formula is C15H11ClO3. The molecule has 0 saturated carbocycles. The van der Waals surface area contributed by atoms with E-state index in [0.717, 1.165) is 11.1 Å². The Morgan fingerprint density at radius 2 is 1.74 bits per heavy atom. The molecule has 0 heterocycles. The van der Waals surface area contributed by atoms with Crippen molar-refractivity contribution >= 4 is 17.4 Å². The van der Waals surface area contributed by atoms with Crippen LogP contribution in [0.1, 0.15) is 27.4 Å². The molecule has 1 aliphatic rings. The number of ketones is 1. The Morgan fingerprint density at radius 3 is 2.42 bits per heavy atom. The molecule has 0 radical (unpaired) electrons. The number of aliphatic hydroxyl groups is 1. The number of carbonyl (C=O) groups is 1. The van der Waals surface area contributed by atoms with Gasteiger partial charge in [-0.15, -0.1) is 0 Å². The lowest BCUT2D eigenvalue weighted by atomic mass is 9.91. The molecule has 1 aliphatic carbocycles. The molecule has 0 fully saturated rings. The average molecular weight is 275 g/mol. The van der Waals surface area contributed by atoms with Gasteiger partial charge in [-0.05, 0) is 41.5 Å². The normalized spacial score (nSPS) is 21.5. The zero-order valence-electron chi connectivity index (χ0n) is 9.88. The zero-order chi connectivity index (χ0) is 13.6. The van der Waals surface area contributed by atoms with Crippen LogP contribution >= 0.6 is 11.6 Å². The topological polar surface area (TPSA) is 57.5 Å². The third-order valence-corrected chi connectivity index (χ3v) is 3.69. The molecule has 96 valence electrons. The van der Waals surface area contributed by atoms with E-state index < -0.39 is 12.0 Å². The summed E-state index contributed by atoms with van der Waals surface area (Å²) in [6.45, 7) is 0. The highest BCUT2D eigenvalue weighted by Crippen LogP contribution is 2.39. The smallest absolute Gasteiger partial charge is 0.192 e. The first-order valence-corrected chi connectivity index (χ1v) is 6.26. The maximum atomic E-state index is 12.0. The number of carbonyl (C=O) groups excluding carboxylic acids is 1. The molecule has 3 rings (SSSR count). The van der Waals surface area contributed by atoms with Crippen LogP contribution in [0.2, 0.25) is 5.02 Å².